The van der Waals surface area contributed by atoms with E-state index in [1.807, 2.05) is 13.8 Å². The molecule has 5 amide bonds. The maximum atomic E-state index is 14.4. The van der Waals surface area contributed by atoms with Crippen LogP contribution < -0.4 is 30.2 Å². The summed E-state index contributed by atoms with van der Waals surface area (Å²) in [5.74, 6) is 1.13. The molecule has 0 aromatic heterocycles. The number of rotatable bonds is 9. The van der Waals surface area contributed by atoms with Gasteiger partial charge >= 0.3 is 12.1 Å². The number of nitrogens with one attached hydrogen (secondary N) is 3. The summed E-state index contributed by atoms with van der Waals surface area (Å²) in [4.78, 5) is 43.6. The first-order valence-corrected chi connectivity index (χ1v) is 17.2. The Hall–Kier alpha value is -5.01. The molecule has 0 unspecified atom stereocenters. The fourth-order valence-corrected chi connectivity index (χ4v) is 5.68. The third-order valence-electron chi connectivity index (χ3n) is 8.80. The number of carbonyl (C=O) groups excluding carboxylic acids is 3. The van der Waals surface area contributed by atoms with Gasteiger partial charge in [0.2, 0.25) is 0 Å². The van der Waals surface area contributed by atoms with Crippen molar-refractivity contribution in [1.82, 2.24) is 9.80 Å². The van der Waals surface area contributed by atoms with E-state index in [4.69, 9.17) is 18.9 Å². The van der Waals surface area contributed by atoms with Crippen LogP contribution in [0.2, 0.25) is 0 Å². The van der Waals surface area contributed by atoms with Crippen LogP contribution in [-0.2, 0) is 4.74 Å². The summed E-state index contributed by atoms with van der Waals surface area (Å²) < 4.78 is 23.1. The number of urea groups is 2. The van der Waals surface area contributed by atoms with Gasteiger partial charge < -0.3 is 49.8 Å². The zero-order valence-electron chi connectivity index (χ0n) is 30.3. The minimum absolute atomic E-state index is 0.206. The molecule has 3 aromatic carbocycles. The lowest BCUT2D eigenvalue weighted by molar-refractivity contribution is -0.0115. The van der Waals surface area contributed by atoms with Gasteiger partial charge in [-0.05, 0) is 99.8 Å². The van der Waals surface area contributed by atoms with E-state index in [1.54, 1.807) is 105 Å². The van der Waals surface area contributed by atoms with Gasteiger partial charge in [0.1, 0.15) is 17.2 Å². The molecular formula is C38H51N5O8. The first kappa shape index (κ1) is 38.8. The molecule has 3 aromatic rings. The number of methoxy groups -OCH3 is 2. The second-order valence-corrected chi connectivity index (χ2v) is 12.9. The molecule has 4 rings (SSSR count). The van der Waals surface area contributed by atoms with Crippen LogP contribution in [0.1, 0.15) is 50.4 Å². The topological polar surface area (TPSA) is 151 Å². The highest BCUT2D eigenvalue weighted by molar-refractivity contribution is 6.02. The van der Waals surface area contributed by atoms with Gasteiger partial charge in [-0.3, -0.25) is 4.79 Å². The quantitative estimate of drug-likeness (QED) is 0.202. The molecule has 51 heavy (non-hydrogen) atoms. The maximum absolute atomic E-state index is 14.4. The fourth-order valence-electron chi connectivity index (χ4n) is 5.68. The molecule has 0 radical (unpaired) electrons. The molecule has 1 heterocycles. The van der Waals surface area contributed by atoms with E-state index in [0.29, 0.717) is 40.9 Å². The van der Waals surface area contributed by atoms with Crippen molar-refractivity contribution in [3.05, 3.63) is 72.3 Å². The summed E-state index contributed by atoms with van der Waals surface area (Å²) >= 11 is 0. The Bertz CT molecular complexity index is 1590. The highest BCUT2D eigenvalue weighted by atomic mass is 16.5. The number of ether oxygens (including phenoxy) is 4. The van der Waals surface area contributed by atoms with E-state index in [2.05, 4.69) is 16.0 Å². The van der Waals surface area contributed by atoms with Crippen LogP contribution in [0, 0.1) is 5.92 Å². The van der Waals surface area contributed by atoms with Gasteiger partial charge in [0.25, 0.3) is 5.91 Å². The lowest BCUT2D eigenvalue weighted by Gasteiger charge is -2.35. The smallest absolute Gasteiger partial charge is 0.323 e. The number of carbonyl (C=O) groups is 3. The van der Waals surface area contributed by atoms with Gasteiger partial charge in [0.15, 0.2) is 0 Å². The van der Waals surface area contributed by atoms with E-state index >= 15 is 0 Å². The normalized spacial score (nSPS) is 19.0. The van der Waals surface area contributed by atoms with Gasteiger partial charge in [-0.1, -0.05) is 6.92 Å². The minimum atomic E-state index is -0.551. The van der Waals surface area contributed by atoms with Crippen molar-refractivity contribution < 1.29 is 38.4 Å². The van der Waals surface area contributed by atoms with E-state index in [-0.39, 0.29) is 49.2 Å². The number of likely N-dealkylation sites (N-methyl/N-ethyl adjacent to an activating group) is 1. The number of anilines is 3. The zero-order valence-corrected chi connectivity index (χ0v) is 30.3. The zero-order chi connectivity index (χ0) is 36.9. The second kappa shape index (κ2) is 18.8. The standard InChI is InChI=1S/C38H51N5O8/c1-25-22-43(26(2)24-44)36(45)33-21-30(40-37(46)39-28-10-15-31(48-5)16-11-28)14-19-34(33)51-27(3)9-7-8-20-50-35(25)23-42(4)38(47)41-29-12-17-32(49-6)18-13-29/h10-19,21,25-27,35,44H,7-9,20,22-24H2,1-6H3,(H,41,47)(H2,39,40,46)/t25-,26+,27+,35+/m0/s1. The number of amides is 5. The fraction of sp³-hybridized carbons (Fsp3) is 0.447. The molecule has 1 aliphatic rings. The molecule has 13 nitrogen and oxygen atoms in total. The minimum Gasteiger partial charge on any atom is -0.497 e. The molecule has 0 spiro atoms. The van der Waals surface area contributed by atoms with Crippen LogP contribution >= 0.6 is 0 Å². The Morgan fingerprint density at radius 2 is 1.51 bits per heavy atom. The Morgan fingerprint density at radius 1 is 0.922 bits per heavy atom. The number of nitrogens with zero attached hydrogens (tertiary/aromatic N) is 2. The summed E-state index contributed by atoms with van der Waals surface area (Å²) in [6.07, 6.45) is 1.72. The molecule has 13 heteroatoms. The molecule has 4 N–H and O–H groups in total. The van der Waals surface area contributed by atoms with Crippen molar-refractivity contribution in [2.45, 2.75) is 58.3 Å². The van der Waals surface area contributed by atoms with Crippen LogP contribution in [0.5, 0.6) is 17.2 Å². The van der Waals surface area contributed by atoms with Gasteiger partial charge in [-0.25, -0.2) is 9.59 Å². The average Bonchev–Trinajstić information content (AvgIpc) is 3.13. The highest BCUT2D eigenvalue weighted by Crippen LogP contribution is 2.29. The van der Waals surface area contributed by atoms with Gasteiger partial charge in [-0.2, -0.15) is 0 Å². The van der Waals surface area contributed by atoms with Gasteiger partial charge in [-0.15, -0.1) is 0 Å². The summed E-state index contributed by atoms with van der Waals surface area (Å²) in [6.45, 7) is 6.38. The number of hydrogen-bond acceptors (Lipinski definition) is 8. The van der Waals surface area contributed by atoms with Crippen molar-refractivity contribution in [1.29, 1.82) is 0 Å². The first-order chi connectivity index (χ1) is 24.5. The molecule has 0 aliphatic carbocycles. The van der Waals surface area contributed by atoms with Crippen LogP contribution in [0.4, 0.5) is 26.7 Å². The predicted octanol–water partition coefficient (Wildman–Crippen LogP) is 6.31. The van der Waals surface area contributed by atoms with Gasteiger partial charge in [0.05, 0.1) is 44.6 Å². The van der Waals surface area contributed by atoms with Crippen molar-refractivity contribution in [2.75, 3.05) is 63.5 Å². The third-order valence-corrected chi connectivity index (χ3v) is 8.80. The molecule has 0 saturated heterocycles. The summed E-state index contributed by atoms with van der Waals surface area (Å²) in [5.41, 5.74) is 1.84. The van der Waals surface area contributed by atoms with E-state index < -0.39 is 18.2 Å². The van der Waals surface area contributed by atoms with Crippen LogP contribution in [-0.4, -0.2) is 98.7 Å². The molecule has 0 fully saturated rings. The summed E-state index contributed by atoms with van der Waals surface area (Å²) in [6, 6.07) is 17.6. The molecular weight excluding hydrogens is 654 g/mol. The second-order valence-electron chi connectivity index (χ2n) is 12.9. The number of aliphatic hydroxyl groups is 1. The number of fused-ring (bicyclic) bond motifs is 1. The number of benzene rings is 3. The predicted molar refractivity (Wildman–Crippen MR) is 197 cm³/mol. The largest absolute Gasteiger partial charge is 0.497 e. The molecule has 1 aliphatic heterocycles. The Labute approximate surface area is 300 Å². The van der Waals surface area contributed by atoms with Crippen LogP contribution in [0.25, 0.3) is 0 Å². The van der Waals surface area contributed by atoms with E-state index in [1.165, 1.54) is 0 Å². The molecule has 276 valence electrons. The Morgan fingerprint density at radius 3 is 2.12 bits per heavy atom. The Balaban J connectivity index is 1.55. The lowest BCUT2D eigenvalue weighted by atomic mass is 10.0. The van der Waals surface area contributed by atoms with E-state index in [9.17, 15) is 19.5 Å². The molecule has 4 atom stereocenters. The summed E-state index contributed by atoms with van der Waals surface area (Å²) in [5, 5.41) is 18.7. The average molecular weight is 706 g/mol. The summed E-state index contributed by atoms with van der Waals surface area (Å²) in [7, 11) is 4.85. The van der Waals surface area contributed by atoms with Crippen LogP contribution in [0.3, 0.4) is 0 Å². The lowest BCUT2D eigenvalue weighted by Crippen LogP contribution is -2.48. The maximum Gasteiger partial charge on any atom is 0.323 e. The molecule has 0 saturated carbocycles. The van der Waals surface area contributed by atoms with Crippen molar-refractivity contribution in [3.63, 3.8) is 0 Å². The van der Waals surface area contributed by atoms with Crippen molar-refractivity contribution in [2.24, 2.45) is 5.92 Å². The monoisotopic (exact) mass is 705 g/mol. The van der Waals surface area contributed by atoms with E-state index in [0.717, 1.165) is 19.3 Å². The van der Waals surface area contributed by atoms with Crippen LogP contribution in [0.15, 0.2) is 66.7 Å². The highest BCUT2D eigenvalue weighted by Gasteiger charge is 2.31. The van der Waals surface area contributed by atoms with Crippen molar-refractivity contribution in [3.8, 4) is 17.2 Å². The number of hydrogen-bond donors (Lipinski definition) is 4. The Kier molecular flexibility index (Phi) is 14.3. The molecule has 0 bridgehead atoms. The first-order valence-electron chi connectivity index (χ1n) is 17.2. The van der Waals surface area contributed by atoms with Gasteiger partial charge in [0, 0.05) is 49.7 Å². The SMILES string of the molecule is COc1ccc(NC(=O)Nc2ccc3c(c2)C(=O)N([C@H](C)CO)C[C@H](C)[C@@H](CN(C)C(=O)Nc2ccc(OC)cc2)OCCCC[C@@H](C)O3)cc1. The third kappa shape index (κ3) is 11.2. The van der Waals surface area contributed by atoms with Crippen molar-refractivity contribution >= 4 is 35.0 Å². The number of aliphatic hydroxyl groups excluding tert-OH is 1.